The van der Waals surface area contributed by atoms with Gasteiger partial charge in [-0.2, -0.15) is 0 Å². The maximum absolute atomic E-state index is 2.57. The van der Waals surface area contributed by atoms with Crippen molar-refractivity contribution in [3.63, 3.8) is 0 Å². The Bertz CT molecular complexity index is 2230. The molecule has 4 atom stereocenters. The van der Waals surface area contributed by atoms with Gasteiger partial charge in [0, 0.05) is 5.41 Å². The van der Waals surface area contributed by atoms with Crippen molar-refractivity contribution in [3.8, 4) is 33.4 Å². The Morgan fingerprint density at radius 1 is 0.373 bits per heavy atom. The summed E-state index contributed by atoms with van der Waals surface area (Å²) in [4.78, 5) is 0. The molecular weight excluding hydrogens is 613 g/mol. The van der Waals surface area contributed by atoms with Crippen molar-refractivity contribution in [2.45, 2.75) is 49.4 Å². The Kier molecular flexibility index (Phi) is 5.93. The van der Waals surface area contributed by atoms with Gasteiger partial charge >= 0.3 is 0 Å². The Labute approximate surface area is 302 Å². The predicted molar refractivity (Wildman–Crippen MR) is 208 cm³/mol. The van der Waals surface area contributed by atoms with Crippen molar-refractivity contribution in [2.24, 2.45) is 41.4 Å². The lowest BCUT2D eigenvalue weighted by atomic mass is 9.30. The van der Waals surface area contributed by atoms with Crippen LogP contribution < -0.4 is 0 Å². The Morgan fingerprint density at radius 2 is 0.882 bits per heavy atom. The van der Waals surface area contributed by atoms with Crippen molar-refractivity contribution >= 4 is 0 Å². The molecule has 4 unspecified atom stereocenters. The van der Waals surface area contributed by atoms with Gasteiger partial charge in [0.25, 0.3) is 0 Å². The molecule has 0 N–H and O–H groups in total. The summed E-state index contributed by atoms with van der Waals surface area (Å²) in [6.07, 6.45) is 9.19. The first-order chi connectivity index (χ1) is 25.2. The molecule has 0 amide bonds. The molecule has 8 aliphatic rings. The summed E-state index contributed by atoms with van der Waals surface area (Å²) in [5.41, 5.74) is 15.0. The smallest absolute Gasteiger partial charge is 0.0622 e. The topological polar surface area (TPSA) is 0 Å². The van der Waals surface area contributed by atoms with Crippen LogP contribution in [0.1, 0.15) is 66.3 Å². The molecule has 8 aliphatic carbocycles. The highest BCUT2D eigenvalue weighted by Crippen LogP contribution is 2.76. The van der Waals surface area contributed by atoms with Crippen molar-refractivity contribution in [1.29, 1.82) is 0 Å². The quantitative estimate of drug-likeness (QED) is 0.173. The third-order valence-corrected chi connectivity index (χ3v) is 15.5. The lowest BCUT2D eigenvalue weighted by molar-refractivity contribution is -0.220. The van der Waals surface area contributed by atoms with E-state index in [0.29, 0.717) is 5.41 Å². The van der Waals surface area contributed by atoms with Gasteiger partial charge in [0.15, 0.2) is 0 Å². The first kappa shape index (κ1) is 29.0. The molecule has 0 radical (unpaired) electrons. The molecular formula is C51H44. The minimum absolute atomic E-state index is 0.373. The zero-order chi connectivity index (χ0) is 33.3. The molecule has 14 rings (SSSR count). The minimum atomic E-state index is -0.373. The van der Waals surface area contributed by atoms with Crippen LogP contribution >= 0.6 is 0 Å². The fourth-order valence-electron chi connectivity index (χ4n) is 14.0. The summed E-state index contributed by atoms with van der Waals surface area (Å²) in [5, 5.41) is 0. The van der Waals surface area contributed by atoms with Gasteiger partial charge in [0.1, 0.15) is 0 Å². The predicted octanol–water partition coefficient (Wildman–Crippen LogP) is 12.3. The molecule has 0 nitrogen and oxygen atoms in total. The average Bonchev–Trinajstić information content (AvgIpc) is 3.51. The molecule has 6 aromatic rings. The van der Waals surface area contributed by atoms with Gasteiger partial charge in [-0.25, -0.2) is 0 Å². The van der Waals surface area contributed by atoms with Crippen LogP contribution in [0, 0.1) is 41.4 Å². The van der Waals surface area contributed by atoms with Crippen LogP contribution in [-0.4, -0.2) is 0 Å². The van der Waals surface area contributed by atoms with Gasteiger partial charge in [0.05, 0.1) is 5.41 Å². The monoisotopic (exact) mass is 656 g/mol. The summed E-state index contributed by atoms with van der Waals surface area (Å²) >= 11 is 0. The second kappa shape index (κ2) is 10.4. The highest BCUT2D eigenvalue weighted by molar-refractivity contribution is 5.88. The molecule has 248 valence electrons. The first-order valence-corrected chi connectivity index (χ1v) is 19.8. The normalized spacial score (nSPS) is 31.1. The van der Waals surface area contributed by atoms with E-state index in [4.69, 9.17) is 0 Å². The van der Waals surface area contributed by atoms with Gasteiger partial charge < -0.3 is 0 Å². The Balaban J connectivity index is 0.908. The molecule has 51 heavy (non-hydrogen) atoms. The molecule has 0 aromatic heterocycles. The Hall–Kier alpha value is -4.68. The van der Waals surface area contributed by atoms with Gasteiger partial charge in [-0.05, 0) is 147 Å². The van der Waals surface area contributed by atoms with Gasteiger partial charge in [0.2, 0.25) is 0 Å². The minimum Gasteiger partial charge on any atom is -0.0622 e. The number of benzene rings is 6. The van der Waals surface area contributed by atoms with Crippen LogP contribution in [0.5, 0.6) is 0 Å². The Morgan fingerprint density at radius 3 is 1.53 bits per heavy atom. The maximum Gasteiger partial charge on any atom is 0.0713 e. The van der Waals surface area contributed by atoms with Crippen LogP contribution in [0.4, 0.5) is 0 Å². The molecule has 7 saturated carbocycles. The summed E-state index contributed by atoms with van der Waals surface area (Å²) < 4.78 is 0. The molecule has 0 heterocycles. The molecule has 0 aliphatic heterocycles. The lowest BCUT2D eigenvalue weighted by Crippen LogP contribution is -2.69. The molecule has 0 saturated heterocycles. The maximum atomic E-state index is 2.57. The van der Waals surface area contributed by atoms with E-state index in [1.165, 1.54) is 74.9 Å². The van der Waals surface area contributed by atoms with Crippen molar-refractivity contribution in [1.82, 2.24) is 0 Å². The third-order valence-electron chi connectivity index (χ3n) is 15.5. The van der Waals surface area contributed by atoms with Crippen LogP contribution in [0.2, 0.25) is 0 Å². The standard InChI is InChI=1S/C51H44/c1-3-9-39(10-4-1)51(40-11-5-2-6-12-40)46-14-8-7-13-41(46)42-24-21-37(30-49(42)51)36-17-15-34(16-18-36)35-19-22-38(23-20-35)50-31-33-26-44-43-25-32(28-47(44)50)29-48(50)45(43)27-33/h1-24,30,32-33,43-45,47-48H,25-29,31H2. The zero-order valence-electron chi connectivity index (χ0n) is 29.2. The number of fused-ring (bicyclic) bond motifs is 3. The fraction of sp³-hybridized carbons (Fsp3) is 0.294. The summed E-state index contributed by atoms with van der Waals surface area (Å²) in [7, 11) is 0. The summed E-state index contributed by atoms with van der Waals surface area (Å²) in [5.74, 6) is 7.07. The average molecular weight is 657 g/mol. The van der Waals surface area contributed by atoms with E-state index < -0.39 is 0 Å². The zero-order valence-corrected chi connectivity index (χ0v) is 29.2. The largest absolute Gasteiger partial charge is 0.0713 e. The van der Waals surface area contributed by atoms with Crippen molar-refractivity contribution in [3.05, 3.63) is 179 Å². The van der Waals surface area contributed by atoms with Crippen molar-refractivity contribution in [2.75, 3.05) is 0 Å². The van der Waals surface area contributed by atoms with E-state index >= 15 is 0 Å². The second-order valence-electron chi connectivity index (χ2n) is 17.3. The van der Waals surface area contributed by atoms with Gasteiger partial charge in [-0.15, -0.1) is 0 Å². The molecule has 0 heteroatoms. The van der Waals surface area contributed by atoms with Crippen LogP contribution in [-0.2, 0) is 10.8 Å². The second-order valence-corrected chi connectivity index (χ2v) is 17.3. The van der Waals surface area contributed by atoms with Crippen molar-refractivity contribution < 1.29 is 0 Å². The van der Waals surface area contributed by atoms with Gasteiger partial charge in [-0.1, -0.05) is 146 Å². The lowest BCUT2D eigenvalue weighted by Gasteiger charge is -2.74. The molecule has 7 fully saturated rings. The van der Waals surface area contributed by atoms with E-state index in [0.717, 1.165) is 41.4 Å². The molecule has 8 bridgehead atoms. The third kappa shape index (κ3) is 3.76. The van der Waals surface area contributed by atoms with Crippen LogP contribution in [0.25, 0.3) is 33.4 Å². The SMILES string of the molecule is c1ccc(C2(c3ccccc3)c3ccccc3-c3ccc(-c4ccc(-c5ccc(C67CC8CC9C%10CC(CC96)CC7C%10C8)cc5)cc4)cc32)cc1. The first-order valence-electron chi connectivity index (χ1n) is 19.8. The van der Waals surface area contributed by atoms with E-state index in [1.807, 2.05) is 0 Å². The molecule has 6 aromatic carbocycles. The summed E-state index contributed by atoms with van der Waals surface area (Å²) in [6, 6.07) is 57.9. The van der Waals surface area contributed by atoms with E-state index in [1.54, 1.807) is 24.8 Å². The fourth-order valence-corrected chi connectivity index (χ4v) is 14.0. The highest BCUT2D eigenvalue weighted by atomic mass is 14.7. The summed E-state index contributed by atoms with van der Waals surface area (Å²) in [6.45, 7) is 0. The van der Waals surface area contributed by atoms with Gasteiger partial charge in [-0.3, -0.25) is 0 Å². The number of hydrogen-bond acceptors (Lipinski definition) is 0. The van der Waals surface area contributed by atoms with E-state index in [2.05, 4.69) is 152 Å². The van der Waals surface area contributed by atoms with E-state index in [9.17, 15) is 0 Å². The van der Waals surface area contributed by atoms with E-state index in [-0.39, 0.29) is 5.41 Å². The molecule has 0 spiro atoms. The highest BCUT2D eigenvalue weighted by Gasteiger charge is 2.70. The van der Waals surface area contributed by atoms with Crippen LogP contribution in [0.3, 0.4) is 0 Å². The number of hydrogen-bond donors (Lipinski definition) is 0. The number of rotatable bonds is 5. The van der Waals surface area contributed by atoms with Crippen LogP contribution in [0.15, 0.2) is 152 Å².